The van der Waals surface area contributed by atoms with Crippen LogP contribution < -0.4 is 0 Å². The molecule has 1 atom stereocenters. The van der Waals surface area contributed by atoms with E-state index < -0.39 is 29.4 Å². The number of rotatable bonds is 45. The molecule has 0 saturated carbocycles. The second-order valence-corrected chi connectivity index (χ2v) is 19.0. The lowest BCUT2D eigenvalue weighted by atomic mass is 9.58. The molecule has 0 spiro atoms. The van der Waals surface area contributed by atoms with Crippen molar-refractivity contribution in [1.29, 1.82) is 0 Å². The summed E-state index contributed by atoms with van der Waals surface area (Å²) in [6.07, 6.45) is 33.3. The van der Waals surface area contributed by atoms with Gasteiger partial charge >= 0.3 is 29.8 Å². The Bertz CT molecular complexity index is 1060. The van der Waals surface area contributed by atoms with Crippen molar-refractivity contribution in [3.05, 3.63) is 0 Å². The highest BCUT2D eigenvalue weighted by Gasteiger charge is 2.50. The van der Waals surface area contributed by atoms with Crippen LogP contribution in [0, 0.1) is 17.3 Å². The topological polar surface area (TPSA) is 168 Å². The van der Waals surface area contributed by atoms with E-state index in [1.165, 1.54) is 103 Å². The zero-order chi connectivity index (χ0) is 48.3. The molecule has 0 aromatic carbocycles. The Balaban J connectivity index is 0. The third-order valence-corrected chi connectivity index (χ3v) is 12.8. The highest BCUT2D eigenvalue weighted by atomic mass is 16.6. The van der Waals surface area contributed by atoms with Gasteiger partial charge in [-0.2, -0.15) is 0 Å². The number of carboxylic acid groups (broad SMARTS) is 3. The fourth-order valence-corrected chi connectivity index (χ4v) is 9.04. The molecule has 378 valence electrons. The van der Waals surface area contributed by atoms with Crippen molar-refractivity contribution in [2.75, 3.05) is 27.2 Å². The summed E-state index contributed by atoms with van der Waals surface area (Å²) in [6.45, 7) is 11.5. The van der Waals surface area contributed by atoms with Gasteiger partial charge in [0, 0.05) is 25.7 Å². The molecule has 0 aliphatic carbocycles. The van der Waals surface area contributed by atoms with Gasteiger partial charge in [0.15, 0.2) is 0 Å². The van der Waals surface area contributed by atoms with Gasteiger partial charge in [-0.15, -0.1) is 0 Å². The van der Waals surface area contributed by atoms with Crippen LogP contribution in [0.15, 0.2) is 0 Å². The summed E-state index contributed by atoms with van der Waals surface area (Å²) in [4.78, 5) is 61.6. The number of hydrogen-bond donors (Lipinski definition) is 3. The van der Waals surface area contributed by atoms with Crippen LogP contribution in [0.3, 0.4) is 0 Å². The van der Waals surface area contributed by atoms with Gasteiger partial charge in [0.05, 0.1) is 5.41 Å². The van der Waals surface area contributed by atoms with Crippen LogP contribution in [0.1, 0.15) is 259 Å². The predicted molar refractivity (Wildman–Crippen MR) is 262 cm³/mol. The molecule has 11 nitrogen and oxygen atoms in total. The zero-order valence-corrected chi connectivity index (χ0v) is 42.5. The summed E-state index contributed by atoms with van der Waals surface area (Å²) in [6, 6.07) is 0. The molecule has 0 radical (unpaired) electrons. The number of nitrogens with zero attached hydrogens (tertiary/aromatic N) is 1. The number of hydrogen-bond acceptors (Lipinski definition) is 8. The van der Waals surface area contributed by atoms with Gasteiger partial charge in [0.1, 0.15) is 12.7 Å². The molecule has 0 aliphatic rings. The lowest BCUT2D eigenvalue weighted by Gasteiger charge is -2.44. The lowest BCUT2D eigenvalue weighted by Crippen LogP contribution is -2.46. The van der Waals surface area contributed by atoms with Crippen molar-refractivity contribution in [2.45, 2.75) is 265 Å². The van der Waals surface area contributed by atoms with E-state index >= 15 is 0 Å². The molecule has 0 bridgehead atoms. The normalized spacial score (nSPS) is 12.0. The molecule has 0 heterocycles. The van der Waals surface area contributed by atoms with Crippen LogP contribution in [0.4, 0.5) is 0 Å². The van der Waals surface area contributed by atoms with E-state index in [0.717, 1.165) is 83.6 Å². The van der Waals surface area contributed by atoms with Crippen molar-refractivity contribution in [3.63, 3.8) is 0 Å². The Morgan fingerprint density at radius 1 is 0.469 bits per heavy atom. The molecular formula is C53H101NO10. The van der Waals surface area contributed by atoms with E-state index in [2.05, 4.69) is 27.7 Å². The predicted octanol–water partition coefficient (Wildman–Crippen LogP) is 14.2. The van der Waals surface area contributed by atoms with E-state index in [9.17, 15) is 29.1 Å². The Hall–Kier alpha value is -2.69. The summed E-state index contributed by atoms with van der Waals surface area (Å²) < 4.78 is 11.2. The monoisotopic (exact) mass is 912 g/mol. The van der Waals surface area contributed by atoms with Crippen LogP contribution in [0.5, 0.6) is 0 Å². The molecule has 1 unspecified atom stereocenters. The van der Waals surface area contributed by atoms with Crippen molar-refractivity contribution in [2.24, 2.45) is 17.3 Å². The molecule has 0 saturated heterocycles. The first-order valence-electron chi connectivity index (χ1n) is 26.4. The van der Waals surface area contributed by atoms with Crippen molar-refractivity contribution in [1.82, 2.24) is 4.90 Å². The fraction of sp³-hybridized carbons (Fsp3) is 0.906. The molecule has 11 heteroatoms. The highest BCUT2D eigenvalue weighted by Crippen LogP contribution is 2.50. The second kappa shape index (κ2) is 44.2. The Labute approximate surface area is 392 Å². The minimum Gasteiger partial charge on any atom is -0.481 e. The number of carbonyl (C=O) groups is 5. The first-order chi connectivity index (χ1) is 30.7. The van der Waals surface area contributed by atoms with E-state index in [1.54, 1.807) is 6.92 Å². The van der Waals surface area contributed by atoms with Gasteiger partial charge in [-0.1, -0.05) is 182 Å². The van der Waals surface area contributed by atoms with Crippen molar-refractivity contribution >= 4 is 29.8 Å². The molecular weight excluding hydrogens is 811 g/mol. The maximum Gasteiger partial charge on any atom is 0.310 e. The average Bonchev–Trinajstić information content (AvgIpc) is 3.24. The Kier molecular flexibility index (Phi) is 43.7. The smallest absolute Gasteiger partial charge is 0.310 e. The van der Waals surface area contributed by atoms with E-state index in [0.29, 0.717) is 19.3 Å². The van der Waals surface area contributed by atoms with Gasteiger partial charge in [0.25, 0.3) is 0 Å². The SMILES string of the molecule is CCCCCCCCC(CCCCCCCC)C(CCC(=O)OCC(C)OC(=O)CCCN(C)C)(C(=O)O)C(CCCCCCCC)CCCCCCCC.O=C(O)CCCC(=O)O. The number of carbonyl (C=O) groups excluding carboxylic acids is 2. The number of ether oxygens (including phenoxy) is 2. The Morgan fingerprint density at radius 2 is 0.828 bits per heavy atom. The number of esters is 2. The molecule has 64 heavy (non-hydrogen) atoms. The largest absolute Gasteiger partial charge is 0.481 e. The van der Waals surface area contributed by atoms with E-state index in [1.807, 2.05) is 19.0 Å². The molecule has 0 aliphatic heterocycles. The second-order valence-electron chi connectivity index (χ2n) is 19.0. The minimum absolute atomic E-state index is 0.00375. The summed E-state index contributed by atoms with van der Waals surface area (Å²) in [5, 5.41) is 27.6. The van der Waals surface area contributed by atoms with Gasteiger partial charge in [0.2, 0.25) is 0 Å². The first kappa shape index (κ1) is 63.4. The summed E-state index contributed by atoms with van der Waals surface area (Å²) in [5.41, 5.74) is -0.955. The molecule has 3 N–H and O–H groups in total. The van der Waals surface area contributed by atoms with Crippen LogP contribution in [0.25, 0.3) is 0 Å². The molecule has 0 rings (SSSR count). The maximum absolute atomic E-state index is 14.1. The van der Waals surface area contributed by atoms with Crippen LogP contribution in [0.2, 0.25) is 0 Å². The number of unbranched alkanes of at least 4 members (excludes halogenated alkanes) is 20. The molecule has 0 aromatic heterocycles. The molecule has 0 aromatic rings. The quantitative estimate of drug-likeness (QED) is 0.0393. The van der Waals surface area contributed by atoms with Gasteiger partial charge in [-0.05, 0) is 84.3 Å². The molecule has 0 fully saturated rings. The molecule has 0 amide bonds. The average molecular weight is 912 g/mol. The minimum atomic E-state index is -0.955. The van der Waals surface area contributed by atoms with Gasteiger partial charge in [-0.3, -0.25) is 24.0 Å². The lowest BCUT2D eigenvalue weighted by molar-refractivity contribution is -0.164. The van der Waals surface area contributed by atoms with Gasteiger partial charge < -0.3 is 29.7 Å². The third-order valence-electron chi connectivity index (χ3n) is 12.8. The van der Waals surface area contributed by atoms with Crippen molar-refractivity contribution < 1.29 is 48.8 Å². The van der Waals surface area contributed by atoms with E-state index in [-0.39, 0.29) is 56.1 Å². The fourth-order valence-electron chi connectivity index (χ4n) is 9.04. The highest BCUT2D eigenvalue weighted by molar-refractivity contribution is 5.77. The van der Waals surface area contributed by atoms with Crippen molar-refractivity contribution in [3.8, 4) is 0 Å². The standard InChI is InChI=1S/C48H93NO6.C5H8O4/c1-8-12-16-20-24-28-33-43(34-29-25-21-17-13-9-2)48(47(52)53,39-38-45(50)54-41-42(5)55-46(51)37-32-40-49(6)7)44(35-30-26-22-18-14-10-3)36-31-27-23-19-15-11-4;6-4(7)2-1-3-5(8)9/h42-44H,8-41H2,1-7H3,(H,52,53);1-3H2,(H,6,7)(H,8,9). The van der Waals surface area contributed by atoms with Crippen LogP contribution >= 0.6 is 0 Å². The third kappa shape index (κ3) is 36.5. The van der Waals surface area contributed by atoms with Crippen LogP contribution in [-0.4, -0.2) is 83.4 Å². The number of aliphatic carboxylic acids is 3. The van der Waals surface area contributed by atoms with Gasteiger partial charge in [-0.25, -0.2) is 0 Å². The first-order valence-corrected chi connectivity index (χ1v) is 26.4. The summed E-state index contributed by atoms with van der Waals surface area (Å²) >= 11 is 0. The Morgan fingerprint density at radius 3 is 1.16 bits per heavy atom. The number of carboxylic acids is 3. The summed E-state index contributed by atoms with van der Waals surface area (Å²) in [7, 11) is 3.95. The summed E-state index contributed by atoms with van der Waals surface area (Å²) in [5.74, 6) is -3.16. The van der Waals surface area contributed by atoms with Crippen LogP contribution in [-0.2, 0) is 33.4 Å². The zero-order valence-electron chi connectivity index (χ0n) is 42.5. The van der Waals surface area contributed by atoms with E-state index in [4.69, 9.17) is 19.7 Å². The maximum atomic E-state index is 14.1.